The summed E-state index contributed by atoms with van der Waals surface area (Å²) in [7, 11) is 0. The van der Waals surface area contributed by atoms with Crippen LogP contribution in [0.1, 0.15) is 55.4 Å². The second-order valence-corrected chi connectivity index (χ2v) is 8.43. The van der Waals surface area contributed by atoms with Gasteiger partial charge >= 0.3 is 0 Å². The fourth-order valence-corrected chi connectivity index (χ4v) is 5.26. The van der Waals surface area contributed by atoms with Crippen LogP contribution in [0.15, 0.2) is 18.6 Å². The fraction of sp³-hybridized carbons (Fsp3) is 0.714. The van der Waals surface area contributed by atoms with Crippen LogP contribution in [0.4, 0.5) is 0 Å². The van der Waals surface area contributed by atoms with Gasteiger partial charge in [-0.15, -0.1) is 0 Å². The van der Waals surface area contributed by atoms with Crippen LogP contribution >= 0.6 is 0 Å². The van der Waals surface area contributed by atoms with Crippen LogP contribution in [0.5, 0.6) is 0 Å². The fourth-order valence-electron chi connectivity index (χ4n) is 5.26. The normalized spacial score (nSPS) is 24.5. The Kier molecular flexibility index (Phi) is 5.90. The average molecular weight is 386 g/mol. The van der Waals surface area contributed by atoms with Crippen molar-refractivity contribution in [2.24, 2.45) is 11.3 Å². The van der Waals surface area contributed by atoms with E-state index in [4.69, 9.17) is 4.74 Å². The predicted octanol–water partition coefficient (Wildman–Crippen LogP) is 2.14. The number of hydrogen-bond donors (Lipinski definition) is 0. The van der Waals surface area contributed by atoms with Gasteiger partial charge in [-0.05, 0) is 36.7 Å². The second-order valence-electron chi connectivity index (χ2n) is 8.43. The molecule has 7 nitrogen and oxygen atoms in total. The van der Waals surface area contributed by atoms with Crippen LogP contribution in [0, 0.1) is 11.3 Å². The highest BCUT2D eigenvalue weighted by atomic mass is 16.5. The third-order valence-electron chi connectivity index (χ3n) is 6.82. The van der Waals surface area contributed by atoms with E-state index in [-0.39, 0.29) is 17.2 Å². The van der Waals surface area contributed by atoms with Crippen molar-refractivity contribution in [3.05, 3.63) is 24.3 Å². The number of morpholine rings is 1. The van der Waals surface area contributed by atoms with Gasteiger partial charge in [0.05, 0.1) is 13.2 Å². The Hall–Kier alpha value is -2.02. The lowest BCUT2D eigenvalue weighted by atomic mass is 9.66. The zero-order chi connectivity index (χ0) is 19.4. The molecule has 1 atom stereocenters. The van der Waals surface area contributed by atoms with Crippen molar-refractivity contribution in [1.82, 2.24) is 19.8 Å². The minimum Gasteiger partial charge on any atom is -0.378 e. The van der Waals surface area contributed by atoms with E-state index in [0.717, 1.165) is 32.4 Å². The van der Waals surface area contributed by atoms with Gasteiger partial charge in [0.15, 0.2) is 0 Å². The first-order valence-electron chi connectivity index (χ1n) is 10.6. The molecule has 0 aromatic carbocycles. The van der Waals surface area contributed by atoms with Gasteiger partial charge < -0.3 is 14.5 Å². The van der Waals surface area contributed by atoms with Crippen LogP contribution in [-0.2, 0) is 9.53 Å². The van der Waals surface area contributed by atoms with Crippen LogP contribution in [0.2, 0.25) is 0 Å². The molecule has 1 aromatic rings. The number of amides is 2. The third kappa shape index (κ3) is 4.04. The summed E-state index contributed by atoms with van der Waals surface area (Å²) in [5.74, 6) is 0.618. The van der Waals surface area contributed by atoms with Gasteiger partial charge in [0, 0.05) is 38.8 Å². The molecule has 2 amide bonds. The highest BCUT2D eigenvalue weighted by Gasteiger charge is 2.48. The Morgan fingerprint density at radius 1 is 1.14 bits per heavy atom. The minimum atomic E-state index is -0.00523. The molecule has 0 radical (unpaired) electrons. The molecule has 2 aliphatic heterocycles. The molecule has 1 spiro atoms. The Morgan fingerprint density at radius 2 is 1.93 bits per heavy atom. The first-order chi connectivity index (χ1) is 13.7. The van der Waals surface area contributed by atoms with E-state index < -0.39 is 0 Å². The maximum Gasteiger partial charge on any atom is 0.272 e. The topological polar surface area (TPSA) is 75.6 Å². The summed E-state index contributed by atoms with van der Waals surface area (Å²) < 4.78 is 5.35. The van der Waals surface area contributed by atoms with Gasteiger partial charge in [0.2, 0.25) is 5.91 Å². The van der Waals surface area contributed by atoms with E-state index in [1.54, 1.807) is 12.3 Å². The maximum atomic E-state index is 13.0. The van der Waals surface area contributed by atoms with Crippen LogP contribution in [-0.4, -0.2) is 71.0 Å². The zero-order valence-corrected chi connectivity index (χ0v) is 16.5. The first kappa shape index (κ1) is 19.3. The number of carbonyl (C=O) groups is 2. The van der Waals surface area contributed by atoms with E-state index in [1.807, 2.05) is 9.80 Å². The van der Waals surface area contributed by atoms with Crippen molar-refractivity contribution in [2.45, 2.75) is 44.9 Å². The lowest BCUT2D eigenvalue weighted by molar-refractivity contribution is -0.135. The predicted molar refractivity (Wildman–Crippen MR) is 104 cm³/mol. The molecule has 0 N–H and O–H groups in total. The molecule has 3 aliphatic rings. The van der Waals surface area contributed by atoms with Gasteiger partial charge in [-0.1, -0.05) is 19.3 Å². The molecule has 0 bridgehead atoms. The largest absolute Gasteiger partial charge is 0.378 e. The van der Waals surface area contributed by atoms with Crippen molar-refractivity contribution >= 4 is 11.8 Å². The molecule has 28 heavy (non-hydrogen) atoms. The van der Waals surface area contributed by atoms with Gasteiger partial charge in [-0.25, -0.2) is 9.97 Å². The van der Waals surface area contributed by atoms with Crippen molar-refractivity contribution in [3.8, 4) is 0 Å². The molecule has 1 aromatic heterocycles. The number of likely N-dealkylation sites (tertiary alicyclic amines) is 1. The summed E-state index contributed by atoms with van der Waals surface area (Å²) in [5.41, 5.74) is 0.637. The second kappa shape index (κ2) is 8.55. The molecular weight excluding hydrogens is 356 g/mol. The number of hydrogen-bond acceptors (Lipinski definition) is 5. The van der Waals surface area contributed by atoms with Crippen LogP contribution in [0.3, 0.4) is 0 Å². The molecule has 2 saturated heterocycles. The van der Waals surface area contributed by atoms with E-state index in [0.29, 0.717) is 44.3 Å². The number of aromatic nitrogens is 2. The number of carbonyl (C=O) groups excluding carboxylic acids is 2. The lowest BCUT2D eigenvalue weighted by Gasteiger charge is -2.38. The van der Waals surface area contributed by atoms with Gasteiger partial charge in [-0.2, -0.15) is 0 Å². The number of nitrogens with zero attached hydrogens (tertiary/aromatic N) is 4. The molecule has 1 saturated carbocycles. The van der Waals surface area contributed by atoms with Crippen molar-refractivity contribution in [3.63, 3.8) is 0 Å². The van der Waals surface area contributed by atoms with Gasteiger partial charge in [0.25, 0.3) is 5.91 Å². The molecule has 4 rings (SSSR count). The number of ether oxygens (including phenoxy) is 1. The lowest BCUT2D eigenvalue weighted by Crippen LogP contribution is -2.41. The molecule has 1 unspecified atom stereocenters. The minimum absolute atomic E-state index is 0.00523. The quantitative estimate of drug-likeness (QED) is 0.792. The third-order valence-corrected chi connectivity index (χ3v) is 6.82. The summed E-state index contributed by atoms with van der Waals surface area (Å²) in [6, 6.07) is 1.69. The standard InChI is InChI=1S/C21H30N4O3/c26-19(24-10-12-28-13-11-24)5-4-17-14-25(15-21(17)7-2-1-3-8-21)20(27)18-6-9-22-16-23-18/h6,9,16-17H,1-5,7-8,10-15H2. The smallest absolute Gasteiger partial charge is 0.272 e. The molecule has 3 heterocycles. The maximum absolute atomic E-state index is 13.0. The summed E-state index contributed by atoms with van der Waals surface area (Å²) in [5, 5.41) is 0. The first-order valence-corrected chi connectivity index (χ1v) is 10.6. The molecular formula is C21H30N4O3. The summed E-state index contributed by atoms with van der Waals surface area (Å²) >= 11 is 0. The van der Waals surface area contributed by atoms with E-state index in [9.17, 15) is 9.59 Å². The summed E-state index contributed by atoms with van der Waals surface area (Å²) in [6.07, 6.45) is 10.5. The Labute approximate surface area is 166 Å². The Balaban J connectivity index is 1.43. The van der Waals surface area contributed by atoms with Gasteiger partial charge in [-0.3, -0.25) is 9.59 Å². The van der Waals surface area contributed by atoms with Crippen LogP contribution < -0.4 is 0 Å². The zero-order valence-electron chi connectivity index (χ0n) is 16.5. The average Bonchev–Trinajstić information content (AvgIpc) is 3.10. The molecule has 152 valence electrons. The molecule has 1 aliphatic carbocycles. The monoisotopic (exact) mass is 386 g/mol. The van der Waals surface area contributed by atoms with E-state index in [2.05, 4.69) is 9.97 Å². The highest BCUT2D eigenvalue weighted by Crippen LogP contribution is 2.49. The van der Waals surface area contributed by atoms with Gasteiger partial charge in [0.1, 0.15) is 12.0 Å². The Bertz CT molecular complexity index is 684. The van der Waals surface area contributed by atoms with E-state index in [1.165, 1.54) is 25.6 Å². The number of rotatable bonds is 4. The van der Waals surface area contributed by atoms with Crippen molar-refractivity contribution < 1.29 is 14.3 Å². The van der Waals surface area contributed by atoms with E-state index >= 15 is 0 Å². The molecule has 7 heteroatoms. The summed E-state index contributed by atoms with van der Waals surface area (Å²) in [6.45, 7) is 4.21. The van der Waals surface area contributed by atoms with Crippen LogP contribution in [0.25, 0.3) is 0 Å². The van der Waals surface area contributed by atoms with Crippen molar-refractivity contribution in [2.75, 3.05) is 39.4 Å². The SMILES string of the molecule is O=C(CCC1CN(C(=O)c2ccncn2)CC12CCCCC2)N1CCOCC1. The van der Waals surface area contributed by atoms with Crippen molar-refractivity contribution in [1.29, 1.82) is 0 Å². The summed E-state index contributed by atoms with van der Waals surface area (Å²) in [4.78, 5) is 37.5. The highest BCUT2D eigenvalue weighted by molar-refractivity contribution is 5.92. The Morgan fingerprint density at radius 3 is 2.64 bits per heavy atom. The molecule has 3 fully saturated rings.